The molecule has 0 saturated carbocycles. The molecule has 1 aliphatic heterocycles. The molecule has 2 heterocycles. The average Bonchev–Trinajstić information content (AvgIpc) is 3.22. The summed E-state index contributed by atoms with van der Waals surface area (Å²) in [5.41, 5.74) is 1.89. The third-order valence-corrected chi connectivity index (χ3v) is 7.05. The highest BCUT2D eigenvalue weighted by Crippen LogP contribution is 2.39. The van der Waals surface area contributed by atoms with Crippen molar-refractivity contribution in [1.29, 1.82) is 0 Å². The second-order valence-electron chi connectivity index (χ2n) is 7.70. The first kappa shape index (κ1) is 25.0. The summed E-state index contributed by atoms with van der Waals surface area (Å²) >= 11 is 12.3. The molecule has 2 aromatic carbocycles. The third kappa shape index (κ3) is 4.73. The van der Waals surface area contributed by atoms with Gasteiger partial charge in [-0.15, -0.1) is 0 Å². The van der Waals surface area contributed by atoms with Crippen LogP contribution in [0.5, 0.6) is 0 Å². The summed E-state index contributed by atoms with van der Waals surface area (Å²) < 4.78 is 41.3. The quantitative estimate of drug-likeness (QED) is 0.291. The van der Waals surface area contributed by atoms with E-state index in [4.69, 9.17) is 23.8 Å². The van der Waals surface area contributed by atoms with Crippen molar-refractivity contribution < 1.29 is 27.9 Å². The van der Waals surface area contributed by atoms with E-state index in [0.717, 1.165) is 40.2 Å². The maximum absolute atomic E-state index is 13.1. The lowest BCUT2D eigenvalue weighted by Gasteiger charge is -2.16. The van der Waals surface area contributed by atoms with Crippen LogP contribution in [-0.4, -0.2) is 25.9 Å². The van der Waals surface area contributed by atoms with Gasteiger partial charge in [-0.1, -0.05) is 41.6 Å². The number of benzene rings is 2. The van der Waals surface area contributed by atoms with E-state index in [9.17, 15) is 27.9 Å². The minimum absolute atomic E-state index is 0.0403. The van der Waals surface area contributed by atoms with E-state index in [-0.39, 0.29) is 25.5 Å². The number of hydrogen-bond donors (Lipinski definition) is 1. The zero-order chi connectivity index (χ0) is 25.7. The summed E-state index contributed by atoms with van der Waals surface area (Å²) in [6.07, 6.45) is -2.92. The van der Waals surface area contributed by atoms with Crippen LogP contribution in [-0.2, 0) is 11.0 Å². The Bertz CT molecular complexity index is 1430. The predicted octanol–water partition coefficient (Wildman–Crippen LogP) is 6.87. The number of hydrogen-bond acceptors (Lipinski definition) is 4. The number of rotatable bonds is 4. The number of aromatic nitrogens is 1. The Balaban J connectivity index is 1.71. The molecular formula is C24H16ClF3N2O3S2. The Morgan fingerprint density at radius 1 is 1.11 bits per heavy atom. The number of amides is 1. The van der Waals surface area contributed by atoms with Gasteiger partial charge in [-0.2, -0.15) is 13.2 Å². The van der Waals surface area contributed by atoms with Gasteiger partial charge >= 0.3 is 12.1 Å². The highest BCUT2D eigenvalue weighted by Gasteiger charge is 2.36. The van der Waals surface area contributed by atoms with Crippen molar-refractivity contribution in [2.45, 2.75) is 20.0 Å². The Kier molecular flexibility index (Phi) is 6.56. The van der Waals surface area contributed by atoms with Gasteiger partial charge in [0.1, 0.15) is 0 Å². The number of aromatic carboxylic acids is 1. The summed E-state index contributed by atoms with van der Waals surface area (Å²) in [4.78, 5) is 25.9. The van der Waals surface area contributed by atoms with Crippen LogP contribution < -0.4 is 4.90 Å². The second kappa shape index (κ2) is 9.18. The first-order valence-corrected chi connectivity index (χ1v) is 11.7. The van der Waals surface area contributed by atoms with Crippen LogP contribution in [0.15, 0.2) is 53.4 Å². The molecule has 1 aliphatic rings. The van der Waals surface area contributed by atoms with Crippen LogP contribution in [0.3, 0.4) is 0 Å². The third-order valence-electron chi connectivity index (χ3n) is 5.42. The minimum Gasteiger partial charge on any atom is -0.478 e. The lowest BCUT2D eigenvalue weighted by molar-refractivity contribution is -0.137. The molecular weight excluding hydrogens is 521 g/mol. The molecule has 11 heteroatoms. The van der Waals surface area contributed by atoms with Crippen molar-refractivity contribution in [3.63, 3.8) is 0 Å². The Morgan fingerprint density at radius 2 is 1.83 bits per heavy atom. The number of carbonyl (C=O) groups is 2. The molecule has 3 aromatic rings. The number of nitrogens with zero attached hydrogens (tertiary/aromatic N) is 2. The van der Waals surface area contributed by atoms with E-state index in [1.54, 1.807) is 19.1 Å². The molecule has 5 nitrogen and oxygen atoms in total. The Labute approximate surface area is 212 Å². The van der Waals surface area contributed by atoms with Gasteiger partial charge in [0.05, 0.1) is 26.7 Å². The fourth-order valence-corrected chi connectivity index (χ4v) is 5.29. The zero-order valence-corrected chi connectivity index (χ0v) is 20.6. The number of thiocarbonyl (C=S) groups is 1. The first-order chi connectivity index (χ1) is 16.4. The number of alkyl halides is 3. The molecule has 1 saturated heterocycles. The summed E-state index contributed by atoms with van der Waals surface area (Å²) in [5, 5.41) is 9.50. The average molecular weight is 537 g/mol. The molecule has 0 spiro atoms. The minimum atomic E-state index is -4.55. The predicted molar refractivity (Wildman–Crippen MR) is 134 cm³/mol. The second-order valence-corrected chi connectivity index (χ2v) is 9.78. The fourth-order valence-electron chi connectivity index (χ4n) is 3.80. The smallest absolute Gasteiger partial charge is 0.416 e. The monoisotopic (exact) mass is 536 g/mol. The molecule has 0 radical (unpaired) electrons. The Morgan fingerprint density at radius 3 is 2.49 bits per heavy atom. The van der Waals surface area contributed by atoms with Gasteiger partial charge < -0.3 is 9.67 Å². The van der Waals surface area contributed by atoms with E-state index in [1.807, 2.05) is 17.6 Å². The van der Waals surface area contributed by atoms with E-state index in [0.29, 0.717) is 11.3 Å². The summed E-state index contributed by atoms with van der Waals surface area (Å²) in [6.45, 7) is 3.63. The molecule has 1 fully saturated rings. The number of anilines is 1. The van der Waals surface area contributed by atoms with Crippen LogP contribution in [0.1, 0.15) is 32.9 Å². The fraction of sp³-hybridized carbons (Fsp3) is 0.125. The maximum Gasteiger partial charge on any atom is 0.416 e. The summed E-state index contributed by atoms with van der Waals surface area (Å²) in [7, 11) is 0. The van der Waals surface area contributed by atoms with E-state index >= 15 is 0 Å². The summed E-state index contributed by atoms with van der Waals surface area (Å²) in [5.74, 6) is -1.68. The SMILES string of the molecule is Cc1cc(/C=C2\SC(=S)N(c3cccc(C(F)(F)F)c3)C2=O)c(C)n1-c1ccc(Cl)c(C(=O)O)c1. The number of aryl methyl sites for hydroxylation is 1. The Hall–Kier alpha value is -3.08. The van der Waals surface area contributed by atoms with Gasteiger partial charge in [0, 0.05) is 17.1 Å². The number of carboxylic acids is 1. The van der Waals surface area contributed by atoms with Crippen LogP contribution >= 0.6 is 35.6 Å². The van der Waals surface area contributed by atoms with Crippen molar-refractivity contribution in [2.75, 3.05) is 4.90 Å². The lowest BCUT2D eigenvalue weighted by Crippen LogP contribution is -2.27. The molecule has 0 atom stereocenters. The number of carbonyl (C=O) groups excluding carboxylic acids is 1. The van der Waals surface area contributed by atoms with Gasteiger partial charge in [0.25, 0.3) is 5.91 Å². The highest BCUT2D eigenvalue weighted by molar-refractivity contribution is 8.27. The van der Waals surface area contributed by atoms with E-state index < -0.39 is 23.6 Å². The highest BCUT2D eigenvalue weighted by atomic mass is 35.5. The molecule has 0 unspecified atom stereocenters. The first-order valence-electron chi connectivity index (χ1n) is 10.1. The molecule has 1 N–H and O–H groups in total. The van der Waals surface area contributed by atoms with Crippen LogP contribution in [0.4, 0.5) is 18.9 Å². The molecule has 4 rings (SSSR count). The van der Waals surface area contributed by atoms with Gasteiger partial charge in [0.15, 0.2) is 4.32 Å². The number of carboxylic acid groups (broad SMARTS) is 1. The van der Waals surface area contributed by atoms with Crippen molar-refractivity contribution in [1.82, 2.24) is 4.57 Å². The van der Waals surface area contributed by atoms with Crippen LogP contribution in [0.2, 0.25) is 5.02 Å². The van der Waals surface area contributed by atoms with Crippen molar-refractivity contribution in [2.24, 2.45) is 0 Å². The van der Waals surface area contributed by atoms with Crippen LogP contribution in [0.25, 0.3) is 11.8 Å². The van der Waals surface area contributed by atoms with Gasteiger partial charge in [-0.25, -0.2) is 4.79 Å². The lowest BCUT2D eigenvalue weighted by atomic mass is 10.1. The van der Waals surface area contributed by atoms with E-state index in [1.165, 1.54) is 24.3 Å². The molecule has 35 heavy (non-hydrogen) atoms. The van der Waals surface area contributed by atoms with Gasteiger partial charge in [-0.05, 0) is 68.0 Å². The molecule has 0 aliphatic carbocycles. The zero-order valence-electron chi connectivity index (χ0n) is 18.2. The normalized spacial score (nSPS) is 15.4. The van der Waals surface area contributed by atoms with Crippen LogP contribution in [0, 0.1) is 13.8 Å². The molecule has 180 valence electrons. The molecule has 0 bridgehead atoms. The van der Waals surface area contributed by atoms with Gasteiger partial charge in [-0.3, -0.25) is 9.69 Å². The molecule has 1 aromatic heterocycles. The largest absolute Gasteiger partial charge is 0.478 e. The standard InChI is InChI=1S/C24H16ClF3N2O3S2/c1-12-8-14(13(2)29(12)17-6-7-19(25)18(11-17)22(32)33)9-20-21(31)30(23(34)35-20)16-5-3-4-15(10-16)24(26,27)28/h3-11H,1-2H3,(H,32,33)/b20-9-. The van der Waals surface area contributed by atoms with Crippen molar-refractivity contribution >= 4 is 63.5 Å². The maximum atomic E-state index is 13.1. The van der Waals surface area contributed by atoms with Crippen molar-refractivity contribution in [3.8, 4) is 5.69 Å². The number of halogens is 4. The number of thioether (sulfide) groups is 1. The van der Waals surface area contributed by atoms with E-state index in [2.05, 4.69) is 0 Å². The summed E-state index contributed by atoms with van der Waals surface area (Å²) in [6, 6.07) is 10.9. The molecule has 1 amide bonds. The topological polar surface area (TPSA) is 62.5 Å². The van der Waals surface area contributed by atoms with Crippen molar-refractivity contribution in [3.05, 3.63) is 86.5 Å². The van der Waals surface area contributed by atoms with Gasteiger partial charge in [0.2, 0.25) is 0 Å².